The molecule has 3 aromatic rings. The van der Waals surface area contributed by atoms with E-state index in [0.717, 1.165) is 11.1 Å². The van der Waals surface area contributed by atoms with Gasteiger partial charge >= 0.3 is 0 Å². The first-order valence-corrected chi connectivity index (χ1v) is 11.6. The first-order valence-electron chi connectivity index (χ1n) is 9.02. The molecule has 2 aromatic heterocycles. The second-order valence-corrected chi connectivity index (χ2v) is 10.3. The molecule has 0 radical (unpaired) electrons. The van der Waals surface area contributed by atoms with Crippen molar-refractivity contribution in [1.29, 1.82) is 0 Å². The van der Waals surface area contributed by atoms with Gasteiger partial charge in [0, 0.05) is 20.1 Å². The summed E-state index contributed by atoms with van der Waals surface area (Å²) in [5.74, 6) is 0.230. The van der Waals surface area contributed by atoms with E-state index in [2.05, 4.69) is 22.4 Å². The van der Waals surface area contributed by atoms with Crippen LogP contribution >= 0.6 is 46.3 Å². The van der Waals surface area contributed by atoms with Gasteiger partial charge in [-0.1, -0.05) is 47.5 Å². The predicted molar refractivity (Wildman–Crippen MR) is 121 cm³/mol. The van der Waals surface area contributed by atoms with E-state index in [1.807, 2.05) is 12.1 Å². The van der Waals surface area contributed by atoms with Crippen LogP contribution in [0.4, 0.5) is 0 Å². The third-order valence-electron chi connectivity index (χ3n) is 4.99. The number of carbonyl (C=O) groups is 2. The zero-order valence-corrected chi connectivity index (χ0v) is 18.9. The van der Waals surface area contributed by atoms with Crippen LogP contribution in [0.15, 0.2) is 30.3 Å². The second kappa shape index (κ2) is 8.22. The summed E-state index contributed by atoms with van der Waals surface area (Å²) in [7, 11) is 3.50. The number of nitrogens with one attached hydrogen (secondary N) is 2. The number of fused-ring (bicyclic) bond motifs is 2. The fourth-order valence-electron chi connectivity index (χ4n) is 3.47. The van der Waals surface area contributed by atoms with Gasteiger partial charge in [-0.2, -0.15) is 0 Å². The molecule has 1 aliphatic carbocycles. The molecule has 0 saturated carbocycles. The molecular weight excluding hydrogens is 449 g/mol. The monoisotopic (exact) mass is 467 g/mol. The van der Waals surface area contributed by atoms with Crippen molar-refractivity contribution in [3.8, 4) is 0 Å². The number of aromatic amines is 1. The quantitative estimate of drug-likeness (QED) is 0.568. The lowest BCUT2D eigenvalue weighted by Crippen LogP contribution is -2.37. The predicted octanol–water partition coefficient (Wildman–Crippen LogP) is 4.75. The van der Waals surface area contributed by atoms with Crippen LogP contribution in [0.25, 0.3) is 10.2 Å². The average Bonchev–Trinajstić information content (AvgIpc) is 3.33. The summed E-state index contributed by atoms with van der Waals surface area (Å²) in [4.78, 5) is 29.7. The Bertz CT molecular complexity index is 1090. The molecular formula is C20H19Cl2N3O2S2. The summed E-state index contributed by atoms with van der Waals surface area (Å²) in [5, 5.41) is 3.60. The number of H-pyrrole nitrogens is 1. The molecule has 9 heteroatoms. The summed E-state index contributed by atoms with van der Waals surface area (Å²) in [5.41, 5.74) is 3.52. The molecule has 2 atom stereocenters. The minimum atomic E-state index is -0.192. The number of carbonyl (C=O) groups excluding carboxylic acids is 2. The van der Waals surface area contributed by atoms with Gasteiger partial charge in [0.15, 0.2) is 0 Å². The molecule has 152 valence electrons. The summed E-state index contributed by atoms with van der Waals surface area (Å²) < 4.78 is 1.36. The van der Waals surface area contributed by atoms with E-state index in [9.17, 15) is 9.59 Å². The van der Waals surface area contributed by atoms with Crippen LogP contribution in [0.5, 0.6) is 0 Å². The fourth-order valence-corrected chi connectivity index (χ4v) is 6.34. The molecule has 1 aliphatic rings. The maximum absolute atomic E-state index is 12.9. The van der Waals surface area contributed by atoms with Crippen molar-refractivity contribution < 1.29 is 9.59 Å². The number of halogens is 2. The van der Waals surface area contributed by atoms with Crippen molar-refractivity contribution in [2.45, 2.75) is 17.7 Å². The highest BCUT2D eigenvalue weighted by atomic mass is 35.5. The van der Waals surface area contributed by atoms with Crippen LogP contribution in [0, 0.1) is 0 Å². The summed E-state index contributed by atoms with van der Waals surface area (Å²) in [6.07, 6.45) is 0.734. The summed E-state index contributed by atoms with van der Waals surface area (Å²) >= 11 is 15.1. The topological polar surface area (TPSA) is 65.2 Å². The number of aromatic nitrogens is 1. The van der Waals surface area contributed by atoms with Gasteiger partial charge in [0.25, 0.3) is 5.91 Å². The molecule has 0 saturated heterocycles. The molecule has 2 amide bonds. The van der Waals surface area contributed by atoms with Crippen LogP contribution in [0.1, 0.15) is 26.9 Å². The number of rotatable bonds is 5. The van der Waals surface area contributed by atoms with E-state index in [1.165, 1.54) is 22.5 Å². The van der Waals surface area contributed by atoms with Gasteiger partial charge < -0.3 is 15.2 Å². The van der Waals surface area contributed by atoms with Gasteiger partial charge in [-0.05, 0) is 23.6 Å². The maximum atomic E-state index is 12.9. The lowest BCUT2D eigenvalue weighted by molar-refractivity contribution is -0.125. The zero-order valence-electron chi connectivity index (χ0n) is 15.8. The molecule has 0 fully saturated rings. The van der Waals surface area contributed by atoms with E-state index in [1.54, 1.807) is 36.8 Å². The Labute approximate surface area is 186 Å². The third kappa shape index (κ3) is 4.01. The van der Waals surface area contributed by atoms with Crippen LogP contribution in [0.3, 0.4) is 0 Å². The van der Waals surface area contributed by atoms with E-state index in [-0.39, 0.29) is 23.1 Å². The molecule has 29 heavy (non-hydrogen) atoms. The van der Waals surface area contributed by atoms with Gasteiger partial charge in [-0.3, -0.25) is 9.59 Å². The van der Waals surface area contributed by atoms with Crippen molar-refractivity contribution in [2.24, 2.45) is 0 Å². The Balaban J connectivity index is 1.53. The Morgan fingerprint density at radius 2 is 2.07 bits per heavy atom. The van der Waals surface area contributed by atoms with Crippen molar-refractivity contribution >= 4 is 68.3 Å². The molecule has 0 bridgehead atoms. The largest absolute Gasteiger partial charge is 0.349 e. The summed E-state index contributed by atoms with van der Waals surface area (Å²) in [6.45, 7) is 0. The van der Waals surface area contributed by atoms with Gasteiger partial charge in [0.2, 0.25) is 5.91 Å². The van der Waals surface area contributed by atoms with Crippen LogP contribution in [-0.2, 0) is 11.2 Å². The number of hydrogen-bond acceptors (Lipinski definition) is 4. The minimum absolute atomic E-state index is 0.0214. The average molecular weight is 468 g/mol. The number of hydrogen-bond donors (Lipinski definition) is 2. The SMILES string of the molecule is CN(C)C(=O)CS[C@@H]1c2ccccc2C[C@H]1NC(=O)c1cc2sc(Cl)c(Cl)c2[nH]1. The smallest absolute Gasteiger partial charge is 0.268 e. The van der Waals surface area contributed by atoms with Gasteiger partial charge in [0.1, 0.15) is 10.0 Å². The van der Waals surface area contributed by atoms with Gasteiger partial charge in [-0.25, -0.2) is 0 Å². The Kier molecular flexibility index (Phi) is 5.84. The first kappa shape index (κ1) is 20.6. The number of thiophene rings is 1. The van der Waals surface area contributed by atoms with Crippen molar-refractivity contribution in [1.82, 2.24) is 15.2 Å². The highest BCUT2D eigenvalue weighted by Gasteiger charge is 2.34. The Morgan fingerprint density at radius 3 is 2.79 bits per heavy atom. The van der Waals surface area contributed by atoms with Crippen LogP contribution in [0.2, 0.25) is 9.36 Å². The second-order valence-electron chi connectivity index (χ2n) is 7.11. The lowest BCUT2D eigenvalue weighted by Gasteiger charge is -2.22. The molecule has 2 N–H and O–H groups in total. The standard InChI is InChI=1S/C20H19Cl2N3O2S2/c1-25(2)15(26)9-28-18-11-6-4-3-5-10(11)7-12(18)24-20(27)13-8-14-17(23-13)16(21)19(22)29-14/h3-6,8,12,18,23H,7,9H2,1-2H3,(H,24,27)/t12-,18-/m1/s1. The molecule has 0 aliphatic heterocycles. The minimum Gasteiger partial charge on any atom is -0.349 e. The van der Waals surface area contributed by atoms with E-state index >= 15 is 0 Å². The van der Waals surface area contributed by atoms with E-state index in [0.29, 0.717) is 26.3 Å². The number of benzene rings is 1. The van der Waals surface area contributed by atoms with Crippen LogP contribution in [-0.4, -0.2) is 47.6 Å². The summed E-state index contributed by atoms with van der Waals surface area (Å²) in [6, 6.07) is 9.82. The fraction of sp³-hybridized carbons (Fsp3) is 0.300. The van der Waals surface area contributed by atoms with Gasteiger partial charge in [0.05, 0.1) is 26.2 Å². The van der Waals surface area contributed by atoms with Crippen molar-refractivity contribution in [3.63, 3.8) is 0 Å². The Morgan fingerprint density at radius 1 is 1.31 bits per heavy atom. The van der Waals surface area contributed by atoms with E-state index < -0.39 is 0 Å². The molecule has 4 rings (SSSR count). The first-order chi connectivity index (χ1) is 13.8. The van der Waals surface area contributed by atoms with Crippen molar-refractivity contribution in [2.75, 3.05) is 19.8 Å². The molecule has 1 aromatic carbocycles. The van der Waals surface area contributed by atoms with Crippen LogP contribution < -0.4 is 5.32 Å². The zero-order chi connectivity index (χ0) is 20.7. The normalized spacial score (nSPS) is 18.1. The van der Waals surface area contributed by atoms with Gasteiger partial charge in [-0.15, -0.1) is 23.1 Å². The van der Waals surface area contributed by atoms with E-state index in [4.69, 9.17) is 23.2 Å². The molecule has 5 nitrogen and oxygen atoms in total. The lowest BCUT2D eigenvalue weighted by atomic mass is 10.1. The molecule has 0 unspecified atom stereocenters. The highest BCUT2D eigenvalue weighted by Crippen LogP contribution is 2.42. The van der Waals surface area contributed by atoms with Crippen molar-refractivity contribution in [3.05, 3.63) is 56.5 Å². The molecule has 0 spiro atoms. The highest BCUT2D eigenvalue weighted by molar-refractivity contribution is 8.00. The molecule has 2 heterocycles. The maximum Gasteiger partial charge on any atom is 0.268 e. The number of nitrogens with zero attached hydrogens (tertiary/aromatic N) is 1. The number of thioether (sulfide) groups is 1. The Hall–Kier alpha value is -1.67. The third-order valence-corrected chi connectivity index (χ3v) is 8.27. The number of amides is 2.